The van der Waals surface area contributed by atoms with Gasteiger partial charge >= 0.3 is 0 Å². The number of aromatic nitrogens is 2. The third-order valence-electron chi connectivity index (χ3n) is 4.27. The first-order valence-electron chi connectivity index (χ1n) is 8.88. The fraction of sp³-hybridized carbons (Fsp3) is 0.778. The number of hydrogen-bond acceptors (Lipinski definition) is 2. The Morgan fingerprint density at radius 3 is 2.27 bits per heavy atom. The average molecular weight is 308 g/mol. The molecule has 0 saturated carbocycles. The van der Waals surface area contributed by atoms with Crippen LogP contribution in [0, 0.1) is 0 Å². The SMILES string of the molecule is CCCCCCCCCCCc1n(CCC(=O)[O-])cc[n+]1C. The zero-order valence-corrected chi connectivity index (χ0v) is 14.4. The lowest BCUT2D eigenvalue weighted by Crippen LogP contribution is -2.32. The molecule has 22 heavy (non-hydrogen) atoms. The second kappa shape index (κ2) is 11.3. The molecule has 1 rings (SSSR count). The molecule has 1 aromatic heterocycles. The number of carboxylic acids is 1. The minimum absolute atomic E-state index is 0.0828. The number of rotatable bonds is 13. The van der Waals surface area contributed by atoms with Crippen molar-refractivity contribution in [3.8, 4) is 0 Å². The third kappa shape index (κ3) is 7.62. The van der Waals surface area contributed by atoms with Gasteiger partial charge in [-0.25, -0.2) is 9.13 Å². The molecule has 4 nitrogen and oxygen atoms in total. The molecule has 0 saturated heterocycles. The van der Waals surface area contributed by atoms with Gasteiger partial charge in [0.15, 0.2) is 0 Å². The first-order chi connectivity index (χ1) is 10.6. The lowest BCUT2D eigenvalue weighted by molar-refractivity contribution is -0.678. The van der Waals surface area contributed by atoms with E-state index in [1.54, 1.807) is 0 Å². The van der Waals surface area contributed by atoms with Gasteiger partial charge in [0, 0.05) is 18.8 Å². The van der Waals surface area contributed by atoms with Crippen LogP contribution in [0.2, 0.25) is 0 Å². The fourth-order valence-electron chi connectivity index (χ4n) is 2.88. The highest BCUT2D eigenvalue weighted by atomic mass is 16.4. The van der Waals surface area contributed by atoms with Crippen molar-refractivity contribution in [1.29, 1.82) is 0 Å². The molecule has 0 unspecified atom stereocenters. The fourth-order valence-corrected chi connectivity index (χ4v) is 2.88. The van der Waals surface area contributed by atoms with Crippen molar-refractivity contribution in [3.05, 3.63) is 18.2 Å². The smallest absolute Gasteiger partial charge is 0.256 e. The van der Waals surface area contributed by atoms with Crippen molar-refractivity contribution < 1.29 is 14.5 Å². The van der Waals surface area contributed by atoms with Gasteiger partial charge in [-0.05, 0) is 6.42 Å². The number of hydrogen-bond donors (Lipinski definition) is 0. The summed E-state index contributed by atoms with van der Waals surface area (Å²) in [7, 11) is 2.03. The van der Waals surface area contributed by atoms with E-state index >= 15 is 0 Å². The Morgan fingerprint density at radius 2 is 1.68 bits per heavy atom. The Labute approximate surface area is 135 Å². The molecule has 0 aromatic carbocycles. The normalized spacial score (nSPS) is 11.0. The van der Waals surface area contributed by atoms with Crippen LogP contribution in [0.3, 0.4) is 0 Å². The largest absolute Gasteiger partial charge is 0.550 e. The maximum atomic E-state index is 10.6. The molecule has 0 atom stereocenters. The van der Waals surface area contributed by atoms with Gasteiger partial charge in [0.1, 0.15) is 12.4 Å². The van der Waals surface area contributed by atoms with Gasteiger partial charge in [0.05, 0.1) is 13.6 Å². The second-order valence-electron chi connectivity index (χ2n) is 6.22. The number of nitrogens with zero attached hydrogens (tertiary/aromatic N) is 2. The zero-order valence-electron chi connectivity index (χ0n) is 14.4. The summed E-state index contributed by atoms with van der Waals surface area (Å²) < 4.78 is 4.14. The maximum absolute atomic E-state index is 10.6. The molecule has 0 spiro atoms. The summed E-state index contributed by atoms with van der Waals surface area (Å²) in [5.41, 5.74) is 0. The highest BCUT2D eigenvalue weighted by molar-refractivity contribution is 5.64. The Bertz CT molecular complexity index is 427. The number of imidazole rings is 1. The molecule has 0 N–H and O–H groups in total. The van der Waals surface area contributed by atoms with E-state index in [1.165, 1.54) is 63.6 Å². The van der Waals surface area contributed by atoms with Crippen LogP contribution < -0.4 is 9.67 Å². The molecule has 0 amide bonds. The average Bonchev–Trinajstić information content (AvgIpc) is 2.84. The molecule has 0 aliphatic carbocycles. The van der Waals surface area contributed by atoms with Crippen LogP contribution in [0.4, 0.5) is 0 Å². The van der Waals surface area contributed by atoms with Gasteiger partial charge in [-0.15, -0.1) is 0 Å². The second-order valence-corrected chi connectivity index (χ2v) is 6.22. The molecule has 1 aromatic rings. The van der Waals surface area contributed by atoms with Crippen molar-refractivity contribution in [2.45, 2.75) is 84.1 Å². The monoisotopic (exact) mass is 308 g/mol. The van der Waals surface area contributed by atoms with Crippen molar-refractivity contribution in [1.82, 2.24) is 4.57 Å². The van der Waals surface area contributed by atoms with Crippen LogP contribution in [0.1, 0.15) is 77.0 Å². The van der Waals surface area contributed by atoms with E-state index in [4.69, 9.17) is 0 Å². The number of carbonyl (C=O) groups is 1. The van der Waals surface area contributed by atoms with Crippen molar-refractivity contribution in [2.24, 2.45) is 7.05 Å². The summed E-state index contributed by atoms with van der Waals surface area (Å²) in [5.74, 6) is 0.231. The summed E-state index contributed by atoms with van der Waals surface area (Å²) >= 11 is 0. The highest BCUT2D eigenvalue weighted by Gasteiger charge is 2.13. The predicted octanol–water partition coefficient (Wildman–Crippen LogP) is 2.53. The van der Waals surface area contributed by atoms with Crippen LogP contribution >= 0.6 is 0 Å². The number of carbonyl (C=O) groups excluding carboxylic acids is 1. The Balaban J connectivity index is 2.16. The lowest BCUT2D eigenvalue weighted by Gasteiger charge is -2.04. The summed E-state index contributed by atoms with van der Waals surface area (Å²) in [4.78, 5) is 10.6. The minimum Gasteiger partial charge on any atom is -0.550 e. The zero-order chi connectivity index (χ0) is 16.2. The Hall–Kier alpha value is -1.32. The van der Waals surface area contributed by atoms with E-state index in [-0.39, 0.29) is 6.42 Å². The highest BCUT2D eigenvalue weighted by Crippen LogP contribution is 2.11. The van der Waals surface area contributed by atoms with Crippen LogP contribution in [0.5, 0.6) is 0 Å². The van der Waals surface area contributed by atoms with E-state index in [0.29, 0.717) is 6.54 Å². The van der Waals surface area contributed by atoms with Crippen LogP contribution in [0.25, 0.3) is 0 Å². The summed E-state index contributed by atoms with van der Waals surface area (Å²) in [5, 5.41) is 10.6. The topological polar surface area (TPSA) is 48.9 Å². The molecule has 0 fully saturated rings. The van der Waals surface area contributed by atoms with E-state index < -0.39 is 5.97 Å². The van der Waals surface area contributed by atoms with Gasteiger partial charge in [-0.2, -0.15) is 0 Å². The van der Waals surface area contributed by atoms with E-state index in [0.717, 1.165) is 6.42 Å². The molecular formula is C18H32N2O2. The standard InChI is InChI=1S/C18H32N2O2/c1-3-4-5-6-7-8-9-10-11-12-17-19(2)15-16-20(17)14-13-18(21)22/h15-16H,3-14H2,1-2H3. The van der Waals surface area contributed by atoms with E-state index in [9.17, 15) is 9.90 Å². The minimum atomic E-state index is -0.981. The lowest BCUT2D eigenvalue weighted by atomic mass is 10.1. The molecule has 0 bridgehead atoms. The summed E-state index contributed by atoms with van der Waals surface area (Å²) in [6.45, 7) is 2.76. The van der Waals surface area contributed by atoms with Crippen molar-refractivity contribution in [2.75, 3.05) is 0 Å². The molecule has 1 heterocycles. The van der Waals surface area contributed by atoms with Crippen molar-refractivity contribution in [3.63, 3.8) is 0 Å². The van der Waals surface area contributed by atoms with Gasteiger partial charge in [-0.1, -0.05) is 58.3 Å². The van der Waals surface area contributed by atoms with Gasteiger partial charge in [-0.3, -0.25) is 0 Å². The van der Waals surface area contributed by atoms with E-state index in [1.807, 2.05) is 24.0 Å². The van der Waals surface area contributed by atoms with Crippen molar-refractivity contribution >= 4 is 5.97 Å². The molecule has 0 aliphatic rings. The number of aryl methyl sites for hydroxylation is 2. The first kappa shape index (κ1) is 18.7. The first-order valence-corrected chi connectivity index (χ1v) is 8.88. The predicted molar refractivity (Wildman–Crippen MR) is 86.2 cm³/mol. The Morgan fingerprint density at radius 1 is 1.09 bits per heavy atom. The quantitative estimate of drug-likeness (QED) is 0.415. The molecule has 0 radical (unpaired) electrons. The number of aliphatic carboxylic acids is 1. The van der Waals surface area contributed by atoms with Crippen LogP contribution in [-0.4, -0.2) is 10.5 Å². The molecule has 0 aliphatic heterocycles. The third-order valence-corrected chi connectivity index (χ3v) is 4.27. The Kier molecular flexibility index (Phi) is 9.60. The summed E-state index contributed by atoms with van der Waals surface area (Å²) in [6, 6.07) is 0. The van der Waals surface area contributed by atoms with Gasteiger partial charge in [0.25, 0.3) is 5.82 Å². The van der Waals surface area contributed by atoms with E-state index in [2.05, 4.69) is 11.5 Å². The maximum Gasteiger partial charge on any atom is 0.256 e. The molecule has 4 heteroatoms. The number of carboxylic acid groups (broad SMARTS) is 1. The molecular weight excluding hydrogens is 276 g/mol. The molecule has 126 valence electrons. The van der Waals surface area contributed by atoms with Crippen LogP contribution in [0.15, 0.2) is 12.4 Å². The van der Waals surface area contributed by atoms with Gasteiger partial charge in [0.2, 0.25) is 0 Å². The number of unbranched alkanes of at least 4 members (excludes halogenated alkanes) is 8. The van der Waals surface area contributed by atoms with Gasteiger partial charge < -0.3 is 9.90 Å². The summed E-state index contributed by atoms with van der Waals surface area (Å²) in [6.07, 6.45) is 17.0. The van der Waals surface area contributed by atoms with Crippen LogP contribution in [-0.2, 0) is 24.8 Å².